The summed E-state index contributed by atoms with van der Waals surface area (Å²) in [5.74, 6) is 1.99. The molecule has 0 aromatic carbocycles. The first-order valence-electron chi connectivity index (χ1n) is 6.09. The topological polar surface area (TPSA) is 15.3 Å². The van der Waals surface area contributed by atoms with Gasteiger partial charge in [-0.25, -0.2) is 0 Å². The van der Waals surface area contributed by atoms with Crippen LogP contribution in [0.15, 0.2) is 25.1 Å². The first-order valence-corrected chi connectivity index (χ1v) is 7.12. The number of hydrogen-bond acceptors (Lipinski definition) is 2. The van der Waals surface area contributed by atoms with Crippen molar-refractivity contribution in [3.05, 3.63) is 25.1 Å². The fraction of sp³-hybridized carbons (Fsp3) is 0.692. The molecule has 0 spiro atoms. The normalized spacial score (nSPS) is 13.8. The summed E-state index contributed by atoms with van der Waals surface area (Å²) in [5, 5.41) is 3.56. The van der Waals surface area contributed by atoms with Crippen LogP contribution < -0.4 is 5.32 Å². The molecule has 0 saturated heterocycles. The molecule has 0 aliphatic rings. The van der Waals surface area contributed by atoms with Gasteiger partial charge < -0.3 is 5.32 Å². The van der Waals surface area contributed by atoms with Crippen LogP contribution in [0, 0.1) is 0 Å². The summed E-state index contributed by atoms with van der Waals surface area (Å²) in [6.07, 6.45) is 5.55. The van der Waals surface area contributed by atoms with E-state index in [1.165, 1.54) is 12.8 Å². The van der Waals surface area contributed by atoms with Crippen molar-refractivity contribution in [3.8, 4) is 0 Å². The molecule has 0 amide bonds. The molecule has 94 valence electrons. The average Bonchev–Trinajstić information content (AvgIpc) is 2.24. The first kappa shape index (κ1) is 15.8. The molecule has 0 fully saturated rings. The monoisotopic (exact) mass is 242 g/mol. The van der Waals surface area contributed by atoms with E-state index in [4.69, 9.17) is 0 Å². The maximum Gasteiger partial charge on any atom is 0.0522 e. The van der Waals surface area contributed by atoms with E-state index in [-0.39, 0.29) is 0 Å². The molecule has 16 heavy (non-hydrogen) atoms. The molecule has 2 atom stereocenters. The van der Waals surface area contributed by atoms with Crippen molar-refractivity contribution in [3.63, 3.8) is 0 Å². The predicted octanol–water partition coefficient (Wildman–Crippen LogP) is 3.73. The van der Waals surface area contributed by atoms with Crippen LogP contribution in [-0.2, 0) is 0 Å². The first-order chi connectivity index (χ1) is 7.61. The van der Waals surface area contributed by atoms with Gasteiger partial charge in [-0.05, 0) is 48.8 Å². The molecule has 3 heteroatoms. The van der Waals surface area contributed by atoms with Crippen molar-refractivity contribution >= 4 is 8.73 Å². The highest BCUT2D eigenvalue weighted by Gasteiger charge is 2.08. The van der Waals surface area contributed by atoms with Crippen molar-refractivity contribution in [2.75, 3.05) is 6.67 Å². The third-order valence-electron chi connectivity index (χ3n) is 2.54. The van der Waals surface area contributed by atoms with Gasteiger partial charge in [-0.3, -0.25) is 4.67 Å². The van der Waals surface area contributed by atoms with E-state index in [0.29, 0.717) is 20.8 Å². The highest BCUT2D eigenvalue weighted by atomic mass is 31.1. The molecule has 0 heterocycles. The SMILES string of the molecule is C=CCCCC(C)NCN(PC=C)C(C)C. The van der Waals surface area contributed by atoms with Gasteiger partial charge in [0.15, 0.2) is 0 Å². The third kappa shape index (κ3) is 8.04. The van der Waals surface area contributed by atoms with Gasteiger partial charge >= 0.3 is 0 Å². The van der Waals surface area contributed by atoms with E-state index in [9.17, 15) is 0 Å². The summed E-state index contributed by atoms with van der Waals surface area (Å²) >= 11 is 0. The lowest BCUT2D eigenvalue weighted by atomic mass is 10.1. The minimum absolute atomic E-state index is 0.573. The number of nitrogens with zero attached hydrogens (tertiary/aromatic N) is 1. The fourth-order valence-corrected chi connectivity index (χ4v) is 2.13. The number of hydrogen-bond donors (Lipinski definition) is 1. The molecule has 2 nitrogen and oxygen atoms in total. The molecule has 0 bridgehead atoms. The summed E-state index contributed by atoms with van der Waals surface area (Å²) in [6.45, 7) is 15.2. The smallest absolute Gasteiger partial charge is 0.0522 e. The van der Waals surface area contributed by atoms with Crippen LogP contribution in [0.2, 0.25) is 0 Å². The lowest BCUT2D eigenvalue weighted by Crippen LogP contribution is -2.37. The Morgan fingerprint density at radius 2 is 2.00 bits per heavy atom. The molecule has 0 aromatic heterocycles. The lowest BCUT2D eigenvalue weighted by molar-refractivity contribution is 0.332. The van der Waals surface area contributed by atoms with Crippen LogP contribution in [0.3, 0.4) is 0 Å². The van der Waals surface area contributed by atoms with Crippen molar-refractivity contribution in [2.24, 2.45) is 0 Å². The van der Waals surface area contributed by atoms with Crippen molar-refractivity contribution in [1.29, 1.82) is 0 Å². The van der Waals surface area contributed by atoms with Crippen LogP contribution in [-0.4, -0.2) is 23.4 Å². The second kappa shape index (κ2) is 10.0. The van der Waals surface area contributed by atoms with Gasteiger partial charge in [-0.1, -0.05) is 18.5 Å². The molecule has 0 aliphatic carbocycles. The Labute approximate surface area is 103 Å². The number of unbranched alkanes of at least 4 members (excludes halogenated alkanes) is 1. The fourth-order valence-electron chi connectivity index (χ4n) is 1.42. The van der Waals surface area contributed by atoms with Crippen LogP contribution >= 0.6 is 8.73 Å². The van der Waals surface area contributed by atoms with Crippen molar-refractivity contribution < 1.29 is 0 Å². The zero-order chi connectivity index (χ0) is 12.4. The lowest BCUT2D eigenvalue weighted by Gasteiger charge is -2.27. The molecule has 2 unspecified atom stereocenters. The standard InChI is InChI=1S/C13H27N2P/c1-6-8-9-10-13(5)14-11-15(12(3)4)16-7-2/h6-7,12-14,16H,1-2,8-11H2,3-5H3. The Morgan fingerprint density at radius 1 is 1.31 bits per heavy atom. The number of rotatable bonds is 10. The Balaban J connectivity index is 3.72. The largest absolute Gasteiger partial charge is 0.302 e. The molecule has 0 aliphatic heterocycles. The van der Waals surface area contributed by atoms with Gasteiger partial charge in [0.25, 0.3) is 0 Å². The van der Waals surface area contributed by atoms with Gasteiger partial charge in [0.05, 0.1) is 6.67 Å². The summed E-state index contributed by atoms with van der Waals surface area (Å²) in [6, 6.07) is 1.15. The van der Waals surface area contributed by atoms with E-state index in [0.717, 1.165) is 13.1 Å². The van der Waals surface area contributed by atoms with E-state index in [1.807, 2.05) is 11.9 Å². The highest BCUT2D eigenvalue weighted by Crippen LogP contribution is 2.20. The maximum atomic E-state index is 3.80. The molecule has 0 radical (unpaired) electrons. The molecular weight excluding hydrogens is 215 g/mol. The Kier molecular flexibility index (Phi) is 9.91. The summed E-state index contributed by atoms with van der Waals surface area (Å²) in [7, 11) is 0.707. The maximum absolute atomic E-state index is 3.80. The predicted molar refractivity (Wildman–Crippen MR) is 77.0 cm³/mol. The van der Waals surface area contributed by atoms with Gasteiger partial charge in [0, 0.05) is 12.1 Å². The van der Waals surface area contributed by atoms with Crippen LogP contribution in [0.4, 0.5) is 0 Å². The summed E-state index contributed by atoms with van der Waals surface area (Å²) < 4.78 is 2.40. The Morgan fingerprint density at radius 3 is 2.50 bits per heavy atom. The molecule has 0 saturated carbocycles. The Hall–Kier alpha value is -0.170. The third-order valence-corrected chi connectivity index (χ3v) is 3.72. The molecule has 0 aromatic rings. The van der Waals surface area contributed by atoms with Crippen LogP contribution in [0.1, 0.15) is 40.0 Å². The highest BCUT2D eigenvalue weighted by molar-refractivity contribution is 7.38. The average molecular weight is 242 g/mol. The number of nitrogens with one attached hydrogen (secondary N) is 1. The molecule has 0 rings (SSSR count). The van der Waals surface area contributed by atoms with E-state index < -0.39 is 0 Å². The Bertz CT molecular complexity index is 192. The van der Waals surface area contributed by atoms with Crippen LogP contribution in [0.25, 0.3) is 0 Å². The van der Waals surface area contributed by atoms with Gasteiger partial charge in [-0.2, -0.15) is 0 Å². The molecule has 1 N–H and O–H groups in total. The van der Waals surface area contributed by atoms with Crippen molar-refractivity contribution in [1.82, 2.24) is 9.99 Å². The second-order valence-electron chi connectivity index (χ2n) is 4.38. The minimum Gasteiger partial charge on any atom is -0.302 e. The van der Waals surface area contributed by atoms with E-state index in [2.05, 4.69) is 43.9 Å². The second-order valence-corrected chi connectivity index (χ2v) is 5.62. The van der Waals surface area contributed by atoms with Gasteiger partial charge in [0.1, 0.15) is 0 Å². The zero-order valence-corrected chi connectivity index (χ0v) is 12.0. The zero-order valence-electron chi connectivity index (χ0n) is 11.0. The van der Waals surface area contributed by atoms with Gasteiger partial charge in [-0.15, -0.1) is 6.58 Å². The quantitative estimate of drug-likeness (QED) is 0.272. The van der Waals surface area contributed by atoms with E-state index >= 15 is 0 Å². The summed E-state index contributed by atoms with van der Waals surface area (Å²) in [4.78, 5) is 0. The van der Waals surface area contributed by atoms with E-state index in [1.54, 1.807) is 0 Å². The molecular formula is C13H27N2P. The van der Waals surface area contributed by atoms with Crippen LogP contribution in [0.5, 0.6) is 0 Å². The number of allylic oxidation sites excluding steroid dienone is 1. The van der Waals surface area contributed by atoms with Gasteiger partial charge in [0.2, 0.25) is 0 Å². The summed E-state index contributed by atoms with van der Waals surface area (Å²) in [5.41, 5.74) is 0. The van der Waals surface area contributed by atoms with Crippen molar-refractivity contribution in [2.45, 2.75) is 52.1 Å². The minimum atomic E-state index is 0.573.